The third-order valence-corrected chi connectivity index (χ3v) is 1.97. The highest BCUT2D eigenvalue weighted by Crippen LogP contribution is 2.04. The second-order valence-electron chi connectivity index (χ2n) is 3.10. The maximum absolute atomic E-state index is 10.1. The van der Waals surface area contributed by atoms with Gasteiger partial charge in [-0.3, -0.25) is 4.79 Å². The van der Waals surface area contributed by atoms with Crippen LogP contribution in [-0.2, 0) is 11.2 Å². The highest BCUT2D eigenvalue weighted by Gasteiger charge is 2.00. The lowest BCUT2D eigenvalue weighted by molar-refractivity contribution is 0.532. The van der Waals surface area contributed by atoms with E-state index in [4.69, 9.17) is 5.73 Å². The topological polar surface area (TPSA) is 43.1 Å². The minimum absolute atomic E-state index is 0.413. The molecule has 0 spiro atoms. The van der Waals surface area contributed by atoms with Crippen molar-refractivity contribution < 1.29 is 4.79 Å². The molecule has 0 saturated carbocycles. The Hall–Kier alpha value is -1.15. The van der Waals surface area contributed by atoms with Crippen LogP contribution in [0, 0.1) is 0 Å². The van der Waals surface area contributed by atoms with Crippen LogP contribution in [0.4, 0.5) is 0 Å². The van der Waals surface area contributed by atoms with E-state index in [1.807, 2.05) is 18.2 Å². The lowest BCUT2D eigenvalue weighted by Crippen LogP contribution is -2.21. The van der Waals surface area contributed by atoms with Crippen LogP contribution >= 0.6 is 0 Å². The molecule has 0 aliphatic heterocycles. The van der Waals surface area contributed by atoms with Gasteiger partial charge in [-0.2, -0.15) is 0 Å². The SMILES string of the molecule is NC([C]=O)CCCc1ccccc1. The molecule has 0 fully saturated rings. The molecule has 13 heavy (non-hydrogen) atoms. The van der Waals surface area contributed by atoms with Gasteiger partial charge in [-0.1, -0.05) is 30.3 Å². The van der Waals surface area contributed by atoms with Crippen LogP contribution in [0.3, 0.4) is 0 Å². The number of benzene rings is 1. The molecule has 2 N–H and O–H groups in total. The van der Waals surface area contributed by atoms with Crippen LogP contribution in [0.15, 0.2) is 30.3 Å². The van der Waals surface area contributed by atoms with Crippen molar-refractivity contribution in [2.75, 3.05) is 0 Å². The standard InChI is InChI=1S/C11H14NO/c12-11(9-13)8-4-7-10-5-2-1-3-6-10/h1-3,5-6,11H,4,7-8,12H2. The van der Waals surface area contributed by atoms with Gasteiger partial charge in [-0.05, 0) is 24.8 Å². The minimum Gasteiger partial charge on any atom is -0.321 e. The Morgan fingerprint density at radius 1 is 1.31 bits per heavy atom. The van der Waals surface area contributed by atoms with Crippen molar-refractivity contribution in [2.24, 2.45) is 5.73 Å². The fraction of sp³-hybridized carbons (Fsp3) is 0.364. The van der Waals surface area contributed by atoms with E-state index in [9.17, 15) is 4.79 Å². The van der Waals surface area contributed by atoms with Crippen LogP contribution in [0.25, 0.3) is 0 Å². The summed E-state index contributed by atoms with van der Waals surface area (Å²) in [5.41, 5.74) is 6.71. The highest BCUT2D eigenvalue weighted by molar-refractivity contribution is 5.57. The first-order valence-electron chi connectivity index (χ1n) is 4.50. The molecule has 2 heteroatoms. The fourth-order valence-electron chi connectivity index (χ4n) is 1.23. The first kappa shape index (κ1) is 9.93. The maximum Gasteiger partial charge on any atom is 0.216 e. The minimum atomic E-state index is -0.413. The molecule has 0 amide bonds. The van der Waals surface area contributed by atoms with Crippen molar-refractivity contribution in [3.63, 3.8) is 0 Å². The summed E-state index contributed by atoms with van der Waals surface area (Å²) >= 11 is 0. The Morgan fingerprint density at radius 3 is 2.62 bits per heavy atom. The average molecular weight is 176 g/mol. The Balaban J connectivity index is 2.24. The smallest absolute Gasteiger partial charge is 0.216 e. The molecule has 0 aliphatic rings. The molecule has 0 bridgehead atoms. The summed E-state index contributed by atoms with van der Waals surface area (Å²) in [6.07, 6.45) is 4.43. The van der Waals surface area contributed by atoms with E-state index in [1.165, 1.54) is 5.56 Å². The average Bonchev–Trinajstić information content (AvgIpc) is 2.19. The van der Waals surface area contributed by atoms with Crippen molar-refractivity contribution >= 4 is 6.29 Å². The zero-order chi connectivity index (χ0) is 9.52. The van der Waals surface area contributed by atoms with Crippen molar-refractivity contribution in [1.29, 1.82) is 0 Å². The summed E-state index contributed by atoms with van der Waals surface area (Å²) in [5.74, 6) is 0. The number of hydrogen-bond acceptors (Lipinski definition) is 2. The Bertz CT molecular complexity index is 246. The molecular weight excluding hydrogens is 162 g/mol. The predicted molar refractivity (Wildman–Crippen MR) is 53.0 cm³/mol. The van der Waals surface area contributed by atoms with E-state index >= 15 is 0 Å². The molecular formula is C11H14NO. The van der Waals surface area contributed by atoms with Gasteiger partial charge in [0.15, 0.2) is 0 Å². The van der Waals surface area contributed by atoms with Gasteiger partial charge < -0.3 is 5.73 Å². The monoisotopic (exact) mass is 176 g/mol. The number of rotatable bonds is 5. The number of hydrogen-bond donors (Lipinski definition) is 1. The van der Waals surface area contributed by atoms with Crippen molar-refractivity contribution in [1.82, 2.24) is 0 Å². The van der Waals surface area contributed by atoms with Crippen LogP contribution in [0.2, 0.25) is 0 Å². The Morgan fingerprint density at radius 2 is 2.00 bits per heavy atom. The molecule has 0 aliphatic carbocycles. The summed E-state index contributed by atoms with van der Waals surface area (Å²) in [6.45, 7) is 0. The highest BCUT2D eigenvalue weighted by atomic mass is 16.1. The van der Waals surface area contributed by atoms with Gasteiger partial charge >= 0.3 is 0 Å². The molecule has 1 atom stereocenters. The molecule has 1 aromatic carbocycles. The van der Waals surface area contributed by atoms with Crippen molar-refractivity contribution in [2.45, 2.75) is 25.3 Å². The summed E-state index contributed by atoms with van der Waals surface area (Å²) in [5, 5.41) is 0. The van der Waals surface area contributed by atoms with Gasteiger partial charge in [0, 0.05) is 0 Å². The second-order valence-corrected chi connectivity index (χ2v) is 3.10. The van der Waals surface area contributed by atoms with Crippen LogP contribution in [0.5, 0.6) is 0 Å². The van der Waals surface area contributed by atoms with Crippen molar-refractivity contribution in [3.8, 4) is 0 Å². The molecule has 0 saturated heterocycles. The van der Waals surface area contributed by atoms with E-state index in [0.29, 0.717) is 0 Å². The number of aryl methyl sites for hydroxylation is 1. The third-order valence-electron chi connectivity index (χ3n) is 1.97. The molecule has 69 valence electrons. The predicted octanol–water partition coefficient (Wildman–Crippen LogP) is 1.45. The summed E-state index contributed by atoms with van der Waals surface area (Å²) in [4.78, 5) is 10.1. The maximum atomic E-state index is 10.1. The lowest BCUT2D eigenvalue weighted by Gasteiger charge is -2.02. The van der Waals surface area contributed by atoms with Crippen molar-refractivity contribution in [3.05, 3.63) is 35.9 Å². The Labute approximate surface area is 78.8 Å². The molecule has 1 unspecified atom stereocenters. The van der Waals surface area contributed by atoms with Crippen LogP contribution < -0.4 is 5.73 Å². The third kappa shape index (κ3) is 3.85. The fourth-order valence-corrected chi connectivity index (χ4v) is 1.23. The van der Waals surface area contributed by atoms with Gasteiger partial charge in [-0.25, -0.2) is 0 Å². The number of carbonyl (C=O) groups excluding carboxylic acids is 1. The van der Waals surface area contributed by atoms with Crippen LogP contribution in [0.1, 0.15) is 18.4 Å². The van der Waals surface area contributed by atoms with E-state index in [1.54, 1.807) is 6.29 Å². The van der Waals surface area contributed by atoms with Gasteiger partial charge in [0.1, 0.15) is 0 Å². The zero-order valence-electron chi connectivity index (χ0n) is 7.57. The zero-order valence-corrected chi connectivity index (χ0v) is 7.57. The molecule has 0 aromatic heterocycles. The molecule has 1 radical (unpaired) electrons. The molecule has 1 rings (SSSR count). The first-order valence-corrected chi connectivity index (χ1v) is 4.50. The largest absolute Gasteiger partial charge is 0.321 e. The molecule has 1 aromatic rings. The van der Waals surface area contributed by atoms with E-state index in [0.717, 1.165) is 19.3 Å². The summed E-state index contributed by atoms with van der Waals surface area (Å²) in [7, 11) is 0. The summed E-state index contributed by atoms with van der Waals surface area (Å²) in [6, 6.07) is 9.77. The quantitative estimate of drug-likeness (QED) is 0.737. The summed E-state index contributed by atoms with van der Waals surface area (Å²) < 4.78 is 0. The molecule has 2 nitrogen and oxygen atoms in total. The number of nitrogens with two attached hydrogens (primary N) is 1. The van der Waals surface area contributed by atoms with E-state index in [-0.39, 0.29) is 0 Å². The second kappa shape index (κ2) is 5.49. The van der Waals surface area contributed by atoms with E-state index in [2.05, 4.69) is 12.1 Å². The van der Waals surface area contributed by atoms with Gasteiger partial charge in [0.25, 0.3) is 0 Å². The first-order chi connectivity index (χ1) is 6.33. The Kier molecular flexibility index (Phi) is 4.19. The van der Waals surface area contributed by atoms with Crippen LogP contribution in [-0.4, -0.2) is 12.3 Å². The normalized spacial score (nSPS) is 12.4. The lowest BCUT2D eigenvalue weighted by atomic mass is 10.1. The van der Waals surface area contributed by atoms with Gasteiger partial charge in [0.2, 0.25) is 6.29 Å². The van der Waals surface area contributed by atoms with E-state index < -0.39 is 6.04 Å². The molecule has 0 heterocycles. The van der Waals surface area contributed by atoms with Gasteiger partial charge in [0.05, 0.1) is 6.04 Å². The van der Waals surface area contributed by atoms with Gasteiger partial charge in [-0.15, -0.1) is 0 Å².